The molecule has 9 nitrogen and oxygen atoms in total. The Balaban J connectivity index is 1.71. The number of hydrogen-bond donors (Lipinski definition) is 1. The lowest BCUT2D eigenvalue weighted by molar-refractivity contribution is -0.145. The maximum atomic E-state index is 14.4. The number of aliphatic hydroxyl groups excluding tert-OH is 1. The van der Waals surface area contributed by atoms with Gasteiger partial charge < -0.3 is 29.4 Å². The van der Waals surface area contributed by atoms with Crippen molar-refractivity contribution in [3.8, 4) is 0 Å². The maximum Gasteiger partial charge on any atom is 0.253 e. The van der Waals surface area contributed by atoms with Crippen molar-refractivity contribution in [3.05, 3.63) is 49.6 Å². The Morgan fingerprint density at radius 3 is 2.30 bits per heavy atom. The zero-order chi connectivity index (χ0) is 29.0. The van der Waals surface area contributed by atoms with Crippen molar-refractivity contribution < 1.29 is 24.2 Å². The van der Waals surface area contributed by atoms with E-state index in [0.29, 0.717) is 31.6 Å². The third-order valence-corrected chi connectivity index (χ3v) is 8.68. The van der Waals surface area contributed by atoms with Crippen LogP contribution in [0, 0.1) is 11.8 Å². The van der Waals surface area contributed by atoms with Gasteiger partial charge >= 0.3 is 0 Å². The predicted molar refractivity (Wildman–Crippen MR) is 156 cm³/mol. The second-order valence-corrected chi connectivity index (χ2v) is 10.8. The van der Waals surface area contributed by atoms with E-state index in [2.05, 4.69) is 31.9 Å². The van der Waals surface area contributed by atoms with Gasteiger partial charge in [-0.1, -0.05) is 19.1 Å². The van der Waals surface area contributed by atoms with Gasteiger partial charge in [-0.3, -0.25) is 14.4 Å². The molecule has 1 aromatic carbocycles. The van der Waals surface area contributed by atoms with Gasteiger partial charge in [0.1, 0.15) is 11.6 Å². The first-order valence-electron chi connectivity index (χ1n) is 14.6. The molecule has 2 unspecified atom stereocenters. The lowest BCUT2D eigenvalue weighted by atomic mass is 9.70. The first kappa shape index (κ1) is 29.8. The smallest absolute Gasteiger partial charge is 0.253 e. The fraction of sp³-hybridized carbons (Fsp3) is 0.581. The monoisotopic (exact) mass is 552 g/mol. The second-order valence-electron chi connectivity index (χ2n) is 10.8. The zero-order valence-corrected chi connectivity index (χ0v) is 24.1. The second kappa shape index (κ2) is 12.6. The van der Waals surface area contributed by atoms with Crippen molar-refractivity contribution >= 4 is 29.1 Å². The molecule has 0 aromatic heterocycles. The molecule has 218 valence electrons. The minimum atomic E-state index is -1.11. The molecule has 0 radical (unpaired) electrons. The van der Waals surface area contributed by atoms with Gasteiger partial charge in [-0.2, -0.15) is 0 Å². The Labute approximate surface area is 238 Å². The molecule has 3 amide bonds. The first-order valence-corrected chi connectivity index (χ1v) is 14.6. The van der Waals surface area contributed by atoms with Crippen LogP contribution in [0.4, 0.5) is 11.4 Å². The van der Waals surface area contributed by atoms with Crippen molar-refractivity contribution in [1.82, 2.24) is 9.80 Å². The van der Waals surface area contributed by atoms with Crippen LogP contribution in [0.1, 0.15) is 40.0 Å². The van der Waals surface area contributed by atoms with Crippen LogP contribution in [-0.4, -0.2) is 96.3 Å². The number of rotatable bonds is 14. The molecular formula is C31H44N4O5. The molecule has 3 aliphatic rings. The molecule has 3 aliphatic heterocycles. The van der Waals surface area contributed by atoms with Gasteiger partial charge in [0.15, 0.2) is 0 Å². The number of β-amino-alcohol motifs (C(OH)–C–C–N with tert-alkyl or cyclic N) is 1. The highest BCUT2D eigenvalue weighted by atomic mass is 16.5. The van der Waals surface area contributed by atoms with E-state index in [0.717, 1.165) is 25.2 Å². The van der Waals surface area contributed by atoms with Gasteiger partial charge in [0.05, 0.1) is 24.5 Å². The number of carbonyl (C=O) groups excluding carboxylic acids is 3. The standard InChI is InChI=1S/C31H44N4O5/c1-6-17-33(18-7-2)28(37)25-24-15-16-31(40-24)26(25)29(38)35(20-21-36)27(31)30(39)34(19-8-3)23-13-11-22(12-14-23)32(9-4)10-5/h6,8,11-14,24-27,36H,1,3,7,9-10,15-21H2,2,4-5H3/t24-,25+,26-,27?,31?/m0/s1. The average molecular weight is 553 g/mol. The van der Waals surface area contributed by atoms with Crippen LogP contribution < -0.4 is 9.80 Å². The quantitative estimate of drug-likeness (QED) is 0.357. The zero-order valence-electron chi connectivity index (χ0n) is 24.1. The highest BCUT2D eigenvalue weighted by molar-refractivity contribution is 6.05. The Bertz CT molecular complexity index is 1100. The number of likely N-dealkylation sites (tertiary alicyclic amines) is 1. The van der Waals surface area contributed by atoms with Crippen LogP contribution in [-0.2, 0) is 19.1 Å². The molecule has 1 N–H and O–H groups in total. The van der Waals surface area contributed by atoms with E-state index in [4.69, 9.17) is 4.74 Å². The molecule has 1 spiro atoms. The summed E-state index contributed by atoms with van der Waals surface area (Å²) in [7, 11) is 0. The summed E-state index contributed by atoms with van der Waals surface area (Å²) >= 11 is 0. The van der Waals surface area contributed by atoms with Crippen LogP contribution in [0.15, 0.2) is 49.6 Å². The summed E-state index contributed by atoms with van der Waals surface area (Å²) in [4.78, 5) is 49.3. The topological polar surface area (TPSA) is 93.6 Å². The minimum Gasteiger partial charge on any atom is -0.395 e. The summed E-state index contributed by atoms with van der Waals surface area (Å²) in [6, 6.07) is 6.86. The van der Waals surface area contributed by atoms with E-state index < -0.39 is 29.6 Å². The first-order chi connectivity index (χ1) is 19.3. The molecule has 0 aliphatic carbocycles. The summed E-state index contributed by atoms with van der Waals surface area (Å²) < 4.78 is 6.55. The maximum absolute atomic E-state index is 14.4. The van der Waals surface area contributed by atoms with E-state index in [1.165, 1.54) is 4.90 Å². The largest absolute Gasteiger partial charge is 0.395 e. The van der Waals surface area contributed by atoms with Gasteiger partial charge in [0.2, 0.25) is 11.8 Å². The number of fused-ring (bicyclic) bond motifs is 1. The summed E-state index contributed by atoms with van der Waals surface area (Å²) in [6.07, 6.45) is 4.83. The van der Waals surface area contributed by atoms with E-state index >= 15 is 0 Å². The molecule has 4 rings (SSSR count). The van der Waals surface area contributed by atoms with Crippen LogP contribution in [0.5, 0.6) is 0 Å². The fourth-order valence-corrected chi connectivity index (χ4v) is 7.02. The van der Waals surface area contributed by atoms with Crippen LogP contribution in [0.3, 0.4) is 0 Å². The number of carbonyl (C=O) groups is 3. The molecule has 0 saturated carbocycles. The third kappa shape index (κ3) is 4.94. The van der Waals surface area contributed by atoms with Crippen molar-refractivity contribution in [1.29, 1.82) is 0 Å². The summed E-state index contributed by atoms with van der Waals surface area (Å²) in [5.41, 5.74) is 0.644. The number of amides is 3. The van der Waals surface area contributed by atoms with Crippen molar-refractivity contribution in [2.24, 2.45) is 11.8 Å². The van der Waals surface area contributed by atoms with Crippen molar-refractivity contribution in [3.63, 3.8) is 0 Å². The molecular weight excluding hydrogens is 508 g/mol. The van der Waals surface area contributed by atoms with Gasteiger partial charge in [-0.05, 0) is 57.4 Å². The number of anilines is 2. The summed E-state index contributed by atoms with van der Waals surface area (Å²) in [5.74, 6) is -2.13. The van der Waals surface area contributed by atoms with Crippen molar-refractivity contribution in [2.75, 3.05) is 55.7 Å². The van der Waals surface area contributed by atoms with Crippen LogP contribution in [0.25, 0.3) is 0 Å². The van der Waals surface area contributed by atoms with Gasteiger partial charge in [0, 0.05) is 50.6 Å². The summed E-state index contributed by atoms with van der Waals surface area (Å²) in [5, 5.41) is 9.90. The number of aliphatic hydroxyl groups is 1. The Morgan fingerprint density at radius 2 is 1.73 bits per heavy atom. The van der Waals surface area contributed by atoms with E-state index in [1.807, 2.05) is 31.2 Å². The predicted octanol–water partition coefficient (Wildman–Crippen LogP) is 2.84. The normalized spacial score (nSPS) is 26.5. The van der Waals surface area contributed by atoms with E-state index in [9.17, 15) is 19.5 Å². The lowest BCUT2D eigenvalue weighted by Crippen LogP contribution is -2.57. The molecule has 3 fully saturated rings. The van der Waals surface area contributed by atoms with Gasteiger partial charge in [-0.25, -0.2) is 0 Å². The number of benzene rings is 1. The summed E-state index contributed by atoms with van der Waals surface area (Å²) in [6.45, 7) is 16.5. The van der Waals surface area contributed by atoms with Crippen molar-refractivity contribution in [2.45, 2.75) is 57.8 Å². The Hall–Kier alpha value is -3.17. The number of hydrogen-bond acceptors (Lipinski definition) is 6. The van der Waals surface area contributed by atoms with Crippen LogP contribution in [0.2, 0.25) is 0 Å². The molecule has 5 atom stereocenters. The van der Waals surface area contributed by atoms with Gasteiger partial charge in [0.25, 0.3) is 5.91 Å². The SMILES string of the molecule is C=CCN(CCC)C(=O)[C@@H]1[C@@H]2CCC3(O2)C(C(=O)N(CC=C)c2ccc(N(CC)CC)cc2)N(CCO)C(=O)[C@H]13. The molecule has 9 heteroatoms. The van der Waals surface area contributed by atoms with Crippen LogP contribution >= 0.6 is 0 Å². The third-order valence-electron chi connectivity index (χ3n) is 8.68. The van der Waals surface area contributed by atoms with Gasteiger partial charge in [-0.15, -0.1) is 13.2 Å². The molecule has 3 heterocycles. The molecule has 2 bridgehead atoms. The van der Waals surface area contributed by atoms with E-state index in [1.54, 1.807) is 22.0 Å². The van der Waals surface area contributed by atoms with E-state index in [-0.39, 0.29) is 37.4 Å². The molecule has 40 heavy (non-hydrogen) atoms. The highest BCUT2D eigenvalue weighted by Gasteiger charge is 2.74. The lowest BCUT2D eigenvalue weighted by Gasteiger charge is -2.37. The number of nitrogens with zero attached hydrogens (tertiary/aromatic N) is 4. The number of ether oxygens (including phenoxy) is 1. The Morgan fingerprint density at radius 1 is 1.07 bits per heavy atom. The average Bonchev–Trinajstić information content (AvgIpc) is 3.60. The minimum absolute atomic E-state index is 0.00339. The Kier molecular flexibility index (Phi) is 9.36. The fourth-order valence-electron chi connectivity index (χ4n) is 7.02. The molecule has 1 aromatic rings. The highest BCUT2D eigenvalue weighted by Crippen LogP contribution is 2.59. The molecule has 3 saturated heterocycles.